The molecule has 3 N–H and O–H groups in total. The summed E-state index contributed by atoms with van der Waals surface area (Å²) in [6.45, 7) is 2.22. The fourth-order valence-corrected chi connectivity index (χ4v) is 2.76. The van der Waals surface area contributed by atoms with Gasteiger partial charge in [-0.1, -0.05) is 76.1 Å². The molecule has 0 amide bonds. The van der Waals surface area contributed by atoms with Gasteiger partial charge in [0, 0.05) is 18.0 Å². The molecule has 0 saturated carbocycles. The second-order valence-corrected chi connectivity index (χ2v) is 6.49. The van der Waals surface area contributed by atoms with Gasteiger partial charge in [0.15, 0.2) is 5.78 Å². The summed E-state index contributed by atoms with van der Waals surface area (Å²) < 4.78 is 0. The number of rotatable bonds is 13. The third kappa shape index (κ3) is 10.1. The smallest absolute Gasteiger partial charge is 0.162 e. The molecule has 1 rings (SSSR count). The van der Waals surface area contributed by atoms with Crippen molar-refractivity contribution in [2.75, 3.05) is 6.61 Å². The van der Waals surface area contributed by atoms with Gasteiger partial charge in [0.1, 0.15) is 0 Å². The molecule has 3 nitrogen and oxygen atoms in total. The number of carbonyl (C=O) groups is 1. The molecule has 138 valence electrons. The van der Waals surface area contributed by atoms with Gasteiger partial charge in [-0.15, -0.1) is 12.4 Å². The first kappa shape index (κ1) is 23.1. The standard InChI is InChI=1S/C20H33NO2.ClH/c1-2-3-4-5-6-7-8-9-10-20(23)18-13-11-17(12-14-18)15-19(21)16-22;/h11-14,19,22H,2-10,15-16,21H2,1H3;1H/t19-;/m0./s1. The molecule has 0 bridgehead atoms. The zero-order valence-corrected chi connectivity index (χ0v) is 15.8. The minimum absolute atomic E-state index is 0. The van der Waals surface area contributed by atoms with Gasteiger partial charge in [0.25, 0.3) is 0 Å². The predicted molar refractivity (Wildman–Crippen MR) is 104 cm³/mol. The highest BCUT2D eigenvalue weighted by molar-refractivity contribution is 5.96. The van der Waals surface area contributed by atoms with Crippen LogP contribution in [0.25, 0.3) is 0 Å². The largest absolute Gasteiger partial charge is 0.395 e. The number of unbranched alkanes of at least 4 members (excludes halogenated alkanes) is 7. The van der Waals surface area contributed by atoms with Gasteiger partial charge in [0.2, 0.25) is 0 Å². The van der Waals surface area contributed by atoms with Gasteiger partial charge < -0.3 is 10.8 Å². The van der Waals surface area contributed by atoms with Crippen LogP contribution in [0.1, 0.15) is 80.6 Å². The van der Waals surface area contributed by atoms with Crippen LogP contribution in [0.3, 0.4) is 0 Å². The number of aliphatic hydroxyl groups excluding tert-OH is 1. The van der Waals surface area contributed by atoms with Gasteiger partial charge in [0.05, 0.1) is 6.61 Å². The lowest BCUT2D eigenvalue weighted by Gasteiger charge is -2.08. The van der Waals surface area contributed by atoms with Crippen molar-refractivity contribution >= 4 is 18.2 Å². The number of hydrogen-bond acceptors (Lipinski definition) is 3. The number of benzene rings is 1. The molecule has 24 heavy (non-hydrogen) atoms. The fourth-order valence-electron chi connectivity index (χ4n) is 2.76. The third-order valence-electron chi connectivity index (χ3n) is 4.27. The van der Waals surface area contributed by atoms with Crippen LogP contribution in [0.5, 0.6) is 0 Å². The van der Waals surface area contributed by atoms with Crippen LogP contribution in [0.15, 0.2) is 24.3 Å². The van der Waals surface area contributed by atoms with E-state index in [4.69, 9.17) is 10.8 Å². The highest BCUT2D eigenvalue weighted by atomic mass is 35.5. The van der Waals surface area contributed by atoms with E-state index in [0.717, 1.165) is 24.0 Å². The SMILES string of the molecule is CCCCCCCCCCC(=O)c1ccc(C[C@H](N)CO)cc1.Cl. The van der Waals surface area contributed by atoms with Crippen LogP contribution in [0.4, 0.5) is 0 Å². The summed E-state index contributed by atoms with van der Waals surface area (Å²) in [6, 6.07) is 7.42. The molecule has 0 aromatic heterocycles. The summed E-state index contributed by atoms with van der Waals surface area (Å²) in [4.78, 5) is 12.1. The summed E-state index contributed by atoms with van der Waals surface area (Å²) in [5.41, 5.74) is 7.57. The van der Waals surface area contributed by atoms with Crippen molar-refractivity contribution in [1.29, 1.82) is 0 Å². The predicted octanol–water partition coefficient (Wildman–Crippen LogP) is 4.68. The van der Waals surface area contributed by atoms with Gasteiger partial charge in [-0.3, -0.25) is 4.79 Å². The molecular weight excluding hydrogens is 322 g/mol. The number of aliphatic hydroxyl groups is 1. The van der Waals surface area contributed by atoms with Crippen molar-refractivity contribution in [2.24, 2.45) is 5.73 Å². The Morgan fingerprint density at radius 1 is 1.00 bits per heavy atom. The molecule has 4 heteroatoms. The monoisotopic (exact) mass is 355 g/mol. The highest BCUT2D eigenvalue weighted by Crippen LogP contribution is 2.13. The summed E-state index contributed by atoms with van der Waals surface area (Å²) in [7, 11) is 0. The van der Waals surface area contributed by atoms with E-state index in [-0.39, 0.29) is 30.8 Å². The van der Waals surface area contributed by atoms with Crippen LogP contribution in [-0.2, 0) is 6.42 Å². The average Bonchev–Trinajstić information content (AvgIpc) is 2.57. The Morgan fingerprint density at radius 2 is 1.54 bits per heavy atom. The van der Waals surface area contributed by atoms with Crippen LogP contribution < -0.4 is 5.73 Å². The summed E-state index contributed by atoms with van der Waals surface area (Å²) in [5, 5.41) is 8.96. The van der Waals surface area contributed by atoms with Crippen LogP contribution in [0, 0.1) is 0 Å². The Labute approximate surface area is 153 Å². The summed E-state index contributed by atoms with van der Waals surface area (Å²) >= 11 is 0. The topological polar surface area (TPSA) is 63.3 Å². The van der Waals surface area contributed by atoms with E-state index in [9.17, 15) is 4.79 Å². The lowest BCUT2D eigenvalue weighted by molar-refractivity contribution is 0.0979. The fraction of sp³-hybridized carbons (Fsp3) is 0.650. The molecule has 0 aliphatic carbocycles. The molecule has 0 fully saturated rings. The number of carbonyl (C=O) groups excluding carboxylic acids is 1. The number of hydrogen-bond donors (Lipinski definition) is 2. The Kier molecular flexibility index (Phi) is 13.9. The van der Waals surface area contributed by atoms with Crippen molar-refractivity contribution in [3.8, 4) is 0 Å². The summed E-state index contributed by atoms with van der Waals surface area (Å²) in [6.07, 6.45) is 11.3. The van der Waals surface area contributed by atoms with Gasteiger partial charge in [-0.2, -0.15) is 0 Å². The van der Waals surface area contributed by atoms with E-state index < -0.39 is 0 Å². The molecule has 0 radical (unpaired) electrons. The Balaban J connectivity index is 0.00000529. The van der Waals surface area contributed by atoms with E-state index in [1.54, 1.807) is 0 Å². The molecule has 0 aliphatic rings. The van der Waals surface area contributed by atoms with Crippen molar-refractivity contribution in [3.05, 3.63) is 35.4 Å². The van der Waals surface area contributed by atoms with Gasteiger partial charge in [-0.05, 0) is 18.4 Å². The maximum absolute atomic E-state index is 12.1. The van der Waals surface area contributed by atoms with Gasteiger partial charge >= 0.3 is 0 Å². The van der Waals surface area contributed by atoms with Gasteiger partial charge in [-0.25, -0.2) is 0 Å². The Hall–Kier alpha value is -0.900. The Bertz CT molecular complexity index is 434. The lowest BCUT2D eigenvalue weighted by atomic mass is 10.00. The lowest BCUT2D eigenvalue weighted by Crippen LogP contribution is -2.26. The van der Waals surface area contributed by atoms with Crippen molar-refractivity contribution < 1.29 is 9.90 Å². The summed E-state index contributed by atoms with van der Waals surface area (Å²) in [5.74, 6) is 0.231. The van der Waals surface area contributed by atoms with Crippen LogP contribution >= 0.6 is 12.4 Å². The van der Waals surface area contributed by atoms with Crippen LogP contribution in [0.2, 0.25) is 0 Å². The first-order valence-corrected chi connectivity index (χ1v) is 9.16. The number of ketones is 1. The quantitative estimate of drug-likeness (QED) is 0.398. The third-order valence-corrected chi connectivity index (χ3v) is 4.27. The minimum Gasteiger partial charge on any atom is -0.395 e. The first-order chi connectivity index (χ1) is 11.2. The minimum atomic E-state index is -0.228. The molecule has 0 aliphatic heterocycles. The molecule has 0 saturated heterocycles. The van der Waals surface area contributed by atoms with Crippen molar-refractivity contribution in [1.82, 2.24) is 0 Å². The zero-order chi connectivity index (χ0) is 16.9. The van der Waals surface area contributed by atoms with E-state index in [1.807, 2.05) is 24.3 Å². The highest BCUT2D eigenvalue weighted by Gasteiger charge is 2.07. The van der Waals surface area contributed by atoms with Crippen molar-refractivity contribution in [3.63, 3.8) is 0 Å². The van der Waals surface area contributed by atoms with E-state index in [1.165, 1.54) is 38.5 Å². The number of nitrogens with two attached hydrogens (primary N) is 1. The molecule has 1 atom stereocenters. The molecule has 0 heterocycles. The van der Waals surface area contributed by atoms with E-state index in [0.29, 0.717) is 12.8 Å². The second kappa shape index (κ2) is 14.4. The maximum atomic E-state index is 12.1. The normalized spacial score (nSPS) is 11.8. The number of halogens is 1. The molecule has 0 unspecified atom stereocenters. The first-order valence-electron chi connectivity index (χ1n) is 9.16. The van der Waals surface area contributed by atoms with E-state index >= 15 is 0 Å². The van der Waals surface area contributed by atoms with Crippen molar-refractivity contribution in [2.45, 2.75) is 77.2 Å². The molecule has 1 aromatic carbocycles. The Morgan fingerprint density at radius 3 is 2.08 bits per heavy atom. The van der Waals surface area contributed by atoms with Crippen LogP contribution in [-0.4, -0.2) is 23.5 Å². The molecular formula is C20H34ClNO2. The maximum Gasteiger partial charge on any atom is 0.162 e. The molecule has 0 spiro atoms. The van der Waals surface area contributed by atoms with E-state index in [2.05, 4.69) is 6.92 Å². The number of Topliss-reactive ketones (excluding diaryl/α,β-unsaturated/α-hetero) is 1. The second-order valence-electron chi connectivity index (χ2n) is 6.49. The molecule has 1 aromatic rings. The average molecular weight is 356 g/mol. The zero-order valence-electron chi connectivity index (χ0n) is 15.0.